The van der Waals surface area contributed by atoms with E-state index in [-0.39, 0.29) is 5.41 Å². The molecule has 0 fully saturated rings. The summed E-state index contributed by atoms with van der Waals surface area (Å²) in [6.07, 6.45) is 0. The molecule has 0 unspecified atom stereocenters. The summed E-state index contributed by atoms with van der Waals surface area (Å²) in [4.78, 5) is 5.36. The quantitative estimate of drug-likeness (QED) is 0.175. The second-order valence-corrected chi connectivity index (χ2v) is 13.4. The Morgan fingerprint density at radius 3 is 1.69 bits per heavy atom. The van der Waals surface area contributed by atoms with E-state index in [2.05, 4.69) is 176 Å². The molecule has 0 radical (unpaired) electrons. The van der Waals surface area contributed by atoms with Crippen molar-refractivity contribution >= 4 is 32.4 Å². The maximum absolute atomic E-state index is 5.36. The van der Waals surface area contributed by atoms with Crippen molar-refractivity contribution in [2.24, 2.45) is 0 Å². The summed E-state index contributed by atoms with van der Waals surface area (Å²) >= 11 is 0. The molecule has 0 atom stereocenters. The van der Waals surface area contributed by atoms with E-state index in [0.717, 1.165) is 16.8 Å². The number of nitrogens with zero attached hydrogens (tertiary/aromatic N) is 1. The molecule has 226 valence electrons. The minimum atomic E-state index is -0.376. The van der Waals surface area contributed by atoms with E-state index in [0.29, 0.717) is 0 Å². The lowest BCUT2D eigenvalue weighted by Gasteiger charge is -2.30. The van der Waals surface area contributed by atoms with Crippen molar-refractivity contribution in [3.63, 3.8) is 0 Å². The predicted molar refractivity (Wildman–Crippen MR) is 204 cm³/mol. The number of pyridine rings is 1. The minimum absolute atomic E-state index is 0.376. The molecule has 0 amide bonds. The summed E-state index contributed by atoms with van der Waals surface area (Å²) in [5.74, 6) is 0. The molecule has 2 aliphatic carbocycles. The molecule has 1 heterocycles. The highest BCUT2D eigenvalue weighted by Crippen LogP contribution is 2.64. The van der Waals surface area contributed by atoms with Crippen molar-refractivity contribution in [2.45, 2.75) is 5.41 Å². The topological polar surface area (TPSA) is 12.9 Å². The van der Waals surface area contributed by atoms with Gasteiger partial charge in [-0.3, -0.25) is 0 Å². The van der Waals surface area contributed by atoms with Crippen LogP contribution in [0.1, 0.15) is 22.3 Å². The Morgan fingerprint density at radius 1 is 0.367 bits per heavy atom. The van der Waals surface area contributed by atoms with Crippen LogP contribution in [-0.4, -0.2) is 4.98 Å². The molecule has 1 heteroatoms. The molecule has 1 spiro atoms. The van der Waals surface area contributed by atoms with Crippen LogP contribution in [0.4, 0.5) is 0 Å². The highest BCUT2D eigenvalue weighted by molar-refractivity contribution is 6.20. The maximum atomic E-state index is 5.36. The van der Waals surface area contributed by atoms with Crippen molar-refractivity contribution in [1.29, 1.82) is 0 Å². The fourth-order valence-corrected chi connectivity index (χ4v) is 9.03. The zero-order chi connectivity index (χ0) is 32.1. The molecule has 49 heavy (non-hydrogen) atoms. The molecule has 1 aromatic heterocycles. The zero-order valence-electron chi connectivity index (χ0n) is 26.7. The number of hydrogen-bond acceptors (Lipinski definition) is 1. The lowest BCUT2D eigenvalue weighted by atomic mass is 9.70. The predicted octanol–water partition coefficient (Wildman–Crippen LogP) is 12.2. The molecule has 8 aromatic carbocycles. The number of benzene rings is 8. The standard InChI is InChI=1S/C48H29N/c1-2-12-33-29-34(26-23-30(33)11-1)31-21-24-32(25-22-31)47-39-27-28-43-46(45(39)38-16-6-10-20-44(38)49-47)37-15-5-9-19-42(37)48(43)40-17-7-3-13-35(40)36-14-4-8-18-41(36)48/h1-29H. The molecule has 0 bridgehead atoms. The molecule has 0 saturated heterocycles. The SMILES string of the molecule is c1ccc2c(c1)-c1ccccc1C21c2ccccc2-c2c1ccc1c(-c3ccc(-c4ccc5ccccc5c4)cc3)nc3ccccc3c21. The van der Waals surface area contributed by atoms with E-state index in [1.807, 2.05) is 0 Å². The van der Waals surface area contributed by atoms with Gasteiger partial charge in [-0.25, -0.2) is 4.98 Å². The van der Waals surface area contributed by atoms with Crippen LogP contribution in [0.3, 0.4) is 0 Å². The van der Waals surface area contributed by atoms with Crippen molar-refractivity contribution in [1.82, 2.24) is 4.98 Å². The fraction of sp³-hybridized carbons (Fsp3) is 0.0208. The Bertz CT molecular complexity index is 2780. The van der Waals surface area contributed by atoms with Crippen molar-refractivity contribution in [3.05, 3.63) is 198 Å². The molecule has 1 nitrogen and oxygen atoms in total. The molecule has 0 N–H and O–H groups in total. The summed E-state index contributed by atoms with van der Waals surface area (Å²) in [6.45, 7) is 0. The average molecular weight is 620 g/mol. The van der Waals surface area contributed by atoms with E-state index < -0.39 is 0 Å². The van der Waals surface area contributed by atoms with Crippen LogP contribution in [0.2, 0.25) is 0 Å². The monoisotopic (exact) mass is 619 g/mol. The van der Waals surface area contributed by atoms with Crippen LogP contribution in [-0.2, 0) is 5.41 Å². The van der Waals surface area contributed by atoms with Gasteiger partial charge in [0.15, 0.2) is 0 Å². The third-order valence-electron chi connectivity index (χ3n) is 11.1. The Morgan fingerprint density at radius 2 is 0.939 bits per heavy atom. The summed E-state index contributed by atoms with van der Waals surface area (Å²) in [6, 6.07) is 64.8. The Hall–Kier alpha value is -6.31. The number of hydrogen-bond donors (Lipinski definition) is 0. The van der Waals surface area contributed by atoms with Crippen molar-refractivity contribution in [3.8, 4) is 44.6 Å². The van der Waals surface area contributed by atoms with Gasteiger partial charge in [0.2, 0.25) is 0 Å². The number of aromatic nitrogens is 1. The molecule has 11 rings (SSSR count). The van der Waals surface area contributed by atoms with Crippen LogP contribution in [0.5, 0.6) is 0 Å². The van der Waals surface area contributed by atoms with Gasteiger partial charge < -0.3 is 0 Å². The van der Waals surface area contributed by atoms with E-state index in [9.17, 15) is 0 Å². The van der Waals surface area contributed by atoms with Crippen molar-refractivity contribution in [2.75, 3.05) is 0 Å². The van der Waals surface area contributed by atoms with Gasteiger partial charge in [-0.15, -0.1) is 0 Å². The molecule has 0 saturated carbocycles. The fourth-order valence-electron chi connectivity index (χ4n) is 9.03. The summed E-state index contributed by atoms with van der Waals surface area (Å²) in [7, 11) is 0. The van der Waals surface area contributed by atoms with Crippen LogP contribution >= 0.6 is 0 Å². The highest BCUT2D eigenvalue weighted by atomic mass is 14.7. The van der Waals surface area contributed by atoms with Gasteiger partial charge in [0.05, 0.1) is 16.6 Å². The first-order chi connectivity index (χ1) is 24.3. The summed E-state index contributed by atoms with van der Waals surface area (Å²) < 4.78 is 0. The zero-order valence-corrected chi connectivity index (χ0v) is 26.7. The normalized spacial score (nSPS) is 13.5. The first-order valence-corrected chi connectivity index (χ1v) is 17.1. The van der Waals surface area contributed by atoms with Gasteiger partial charge in [0, 0.05) is 21.7 Å². The Balaban J connectivity index is 1.19. The van der Waals surface area contributed by atoms with Crippen LogP contribution in [0.15, 0.2) is 176 Å². The highest BCUT2D eigenvalue weighted by Gasteiger charge is 2.52. The van der Waals surface area contributed by atoms with Crippen LogP contribution in [0.25, 0.3) is 77.1 Å². The van der Waals surface area contributed by atoms with Gasteiger partial charge >= 0.3 is 0 Å². The molecular weight excluding hydrogens is 591 g/mol. The Kier molecular flexibility index (Phi) is 5.38. The number of para-hydroxylation sites is 1. The van der Waals surface area contributed by atoms with Gasteiger partial charge in [-0.05, 0) is 78.5 Å². The van der Waals surface area contributed by atoms with Crippen molar-refractivity contribution < 1.29 is 0 Å². The lowest BCUT2D eigenvalue weighted by Crippen LogP contribution is -2.25. The third-order valence-corrected chi connectivity index (χ3v) is 11.1. The molecular formula is C48H29N. The summed E-state index contributed by atoms with van der Waals surface area (Å²) in [5.41, 5.74) is 15.9. The largest absolute Gasteiger partial charge is 0.247 e. The van der Waals surface area contributed by atoms with E-state index in [1.54, 1.807) is 0 Å². The van der Waals surface area contributed by atoms with Gasteiger partial charge in [-0.1, -0.05) is 164 Å². The van der Waals surface area contributed by atoms with Crippen LogP contribution in [0, 0.1) is 0 Å². The third kappa shape index (κ3) is 3.51. The minimum Gasteiger partial charge on any atom is -0.247 e. The average Bonchev–Trinajstić information content (AvgIpc) is 3.65. The van der Waals surface area contributed by atoms with Gasteiger partial charge in [0.25, 0.3) is 0 Å². The second kappa shape index (κ2) is 9.86. The second-order valence-electron chi connectivity index (χ2n) is 13.4. The summed E-state index contributed by atoms with van der Waals surface area (Å²) in [5, 5.41) is 6.17. The number of fused-ring (bicyclic) bond motifs is 15. The van der Waals surface area contributed by atoms with E-state index >= 15 is 0 Å². The van der Waals surface area contributed by atoms with Crippen LogP contribution < -0.4 is 0 Å². The molecule has 9 aromatic rings. The molecule has 0 aliphatic heterocycles. The first kappa shape index (κ1) is 26.7. The Labute approximate surface area is 284 Å². The van der Waals surface area contributed by atoms with Gasteiger partial charge in [0.1, 0.15) is 0 Å². The molecule has 2 aliphatic rings. The first-order valence-electron chi connectivity index (χ1n) is 17.1. The maximum Gasteiger partial charge on any atom is 0.0788 e. The van der Waals surface area contributed by atoms with E-state index in [4.69, 9.17) is 4.98 Å². The van der Waals surface area contributed by atoms with E-state index in [1.165, 1.54) is 82.6 Å². The lowest BCUT2D eigenvalue weighted by molar-refractivity contribution is 0.794. The smallest absolute Gasteiger partial charge is 0.0788 e. The van der Waals surface area contributed by atoms with Gasteiger partial charge in [-0.2, -0.15) is 0 Å². The number of rotatable bonds is 2.